The van der Waals surface area contributed by atoms with Crippen LogP contribution in [0.4, 0.5) is 0 Å². The highest BCUT2D eigenvalue weighted by Crippen LogP contribution is 2.43. The molecule has 2 fully saturated rings. The molecule has 0 aromatic rings. The summed E-state index contributed by atoms with van der Waals surface area (Å²) in [5, 5.41) is 0. The molecule has 0 aromatic heterocycles. The van der Waals surface area contributed by atoms with E-state index in [0.29, 0.717) is 0 Å². The zero-order valence-corrected chi connectivity index (χ0v) is 12.2. The minimum absolute atomic E-state index is 0.265. The summed E-state index contributed by atoms with van der Waals surface area (Å²) < 4.78 is 6.04. The first-order valence-electron chi connectivity index (χ1n) is 7.73. The van der Waals surface area contributed by atoms with E-state index in [1.54, 1.807) is 0 Å². The summed E-state index contributed by atoms with van der Waals surface area (Å²) in [7, 11) is 0. The Morgan fingerprint density at radius 2 is 2.17 bits per heavy atom. The molecule has 0 bridgehead atoms. The Labute approximate surface area is 112 Å². The molecule has 1 atom stereocenters. The standard InChI is InChI=1S/C15H30N2O/c1-13(2)12-17(9-4-8-16)14-5-10-18-15(11-14)6-3-7-15/h13-14H,3-12,16H2,1-2H3. The summed E-state index contributed by atoms with van der Waals surface area (Å²) in [4.78, 5) is 2.68. The zero-order valence-electron chi connectivity index (χ0n) is 12.2. The van der Waals surface area contributed by atoms with Crippen molar-refractivity contribution >= 4 is 0 Å². The molecule has 3 heteroatoms. The summed E-state index contributed by atoms with van der Waals surface area (Å²) in [5.74, 6) is 0.739. The summed E-state index contributed by atoms with van der Waals surface area (Å²) in [5.41, 5.74) is 5.94. The molecule has 1 aliphatic heterocycles. The maximum absolute atomic E-state index is 6.04. The van der Waals surface area contributed by atoms with Gasteiger partial charge < -0.3 is 10.5 Å². The van der Waals surface area contributed by atoms with Crippen molar-refractivity contribution in [1.82, 2.24) is 4.90 Å². The third-order valence-corrected chi connectivity index (χ3v) is 4.50. The Hall–Kier alpha value is -0.120. The fourth-order valence-corrected chi connectivity index (χ4v) is 3.42. The average Bonchev–Trinajstić information content (AvgIpc) is 2.32. The van der Waals surface area contributed by atoms with Crippen LogP contribution in [0.3, 0.4) is 0 Å². The number of nitrogens with two attached hydrogens (primary N) is 1. The van der Waals surface area contributed by atoms with Crippen LogP contribution in [0.25, 0.3) is 0 Å². The fraction of sp³-hybridized carbons (Fsp3) is 1.00. The molecule has 2 rings (SSSR count). The first-order chi connectivity index (χ1) is 8.65. The maximum atomic E-state index is 6.04. The second kappa shape index (κ2) is 6.36. The molecule has 0 amide bonds. The molecule has 1 aliphatic carbocycles. The highest BCUT2D eigenvalue weighted by Gasteiger charge is 2.43. The molecule has 1 saturated carbocycles. The van der Waals surface area contributed by atoms with E-state index in [9.17, 15) is 0 Å². The first kappa shape index (κ1) is 14.3. The van der Waals surface area contributed by atoms with Gasteiger partial charge >= 0.3 is 0 Å². The van der Waals surface area contributed by atoms with Gasteiger partial charge in [-0.05, 0) is 57.5 Å². The normalized spacial score (nSPS) is 26.8. The van der Waals surface area contributed by atoms with Crippen LogP contribution >= 0.6 is 0 Å². The van der Waals surface area contributed by atoms with Crippen molar-refractivity contribution in [1.29, 1.82) is 0 Å². The molecule has 106 valence electrons. The van der Waals surface area contributed by atoms with E-state index in [-0.39, 0.29) is 5.60 Å². The lowest BCUT2D eigenvalue weighted by Gasteiger charge is -2.50. The average molecular weight is 254 g/mol. The third kappa shape index (κ3) is 3.46. The predicted octanol–water partition coefficient (Wildman–Crippen LogP) is 2.39. The van der Waals surface area contributed by atoms with Crippen LogP contribution in [-0.4, -0.2) is 42.8 Å². The Morgan fingerprint density at radius 1 is 1.39 bits per heavy atom. The van der Waals surface area contributed by atoms with Crippen molar-refractivity contribution in [2.45, 2.75) is 64.0 Å². The Balaban J connectivity index is 1.91. The predicted molar refractivity (Wildman–Crippen MR) is 75.6 cm³/mol. The van der Waals surface area contributed by atoms with E-state index in [1.165, 1.54) is 38.6 Å². The van der Waals surface area contributed by atoms with E-state index in [1.807, 2.05) is 0 Å². The third-order valence-electron chi connectivity index (χ3n) is 4.50. The molecular formula is C15H30N2O. The lowest BCUT2D eigenvalue weighted by molar-refractivity contribution is -0.149. The molecule has 1 heterocycles. The minimum Gasteiger partial charge on any atom is -0.375 e. The minimum atomic E-state index is 0.265. The SMILES string of the molecule is CC(C)CN(CCCN)C1CCOC2(CCC2)C1. The van der Waals surface area contributed by atoms with Gasteiger partial charge in [-0.2, -0.15) is 0 Å². The van der Waals surface area contributed by atoms with Crippen molar-refractivity contribution in [2.24, 2.45) is 11.7 Å². The van der Waals surface area contributed by atoms with Gasteiger partial charge in [-0.15, -0.1) is 0 Å². The van der Waals surface area contributed by atoms with E-state index in [4.69, 9.17) is 10.5 Å². The van der Waals surface area contributed by atoms with Gasteiger partial charge in [0.1, 0.15) is 0 Å². The quantitative estimate of drug-likeness (QED) is 0.791. The molecule has 2 N–H and O–H groups in total. The van der Waals surface area contributed by atoms with E-state index in [0.717, 1.165) is 38.1 Å². The molecular weight excluding hydrogens is 224 g/mol. The Morgan fingerprint density at radius 3 is 2.72 bits per heavy atom. The molecule has 1 unspecified atom stereocenters. The van der Waals surface area contributed by atoms with Crippen molar-refractivity contribution < 1.29 is 4.74 Å². The zero-order chi connectivity index (χ0) is 13.0. The van der Waals surface area contributed by atoms with Gasteiger partial charge in [-0.1, -0.05) is 13.8 Å². The molecule has 0 aromatic carbocycles. The first-order valence-corrected chi connectivity index (χ1v) is 7.73. The van der Waals surface area contributed by atoms with Crippen LogP contribution in [0.1, 0.15) is 52.4 Å². The van der Waals surface area contributed by atoms with Gasteiger partial charge in [0.15, 0.2) is 0 Å². The van der Waals surface area contributed by atoms with Gasteiger partial charge in [-0.3, -0.25) is 4.90 Å². The lowest BCUT2D eigenvalue weighted by atomic mass is 9.73. The fourth-order valence-electron chi connectivity index (χ4n) is 3.42. The lowest BCUT2D eigenvalue weighted by Crippen LogP contribution is -2.53. The molecule has 0 radical (unpaired) electrons. The van der Waals surface area contributed by atoms with Gasteiger partial charge in [0.2, 0.25) is 0 Å². The molecule has 3 nitrogen and oxygen atoms in total. The number of ether oxygens (including phenoxy) is 1. The van der Waals surface area contributed by atoms with E-state index in [2.05, 4.69) is 18.7 Å². The second-order valence-corrected chi connectivity index (χ2v) is 6.56. The van der Waals surface area contributed by atoms with E-state index >= 15 is 0 Å². The van der Waals surface area contributed by atoms with Crippen LogP contribution in [0.15, 0.2) is 0 Å². The van der Waals surface area contributed by atoms with Gasteiger partial charge in [0.05, 0.1) is 5.60 Å². The summed E-state index contributed by atoms with van der Waals surface area (Å²) >= 11 is 0. The van der Waals surface area contributed by atoms with E-state index < -0.39 is 0 Å². The monoisotopic (exact) mass is 254 g/mol. The number of hydrogen-bond acceptors (Lipinski definition) is 3. The maximum Gasteiger partial charge on any atom is 0.0697 e. The summed E-state index contributed by atoms with van der Waals surface area (Å²) in [6, 6.07) is 0.730. The number of rotatable bonds is 6. The Bertz CT molecular complexity index is 251. The molecule has 18 heavy (non-hydrogen) atoms. The van der Waals surface area contributed by atoms with Crippen LogP contribution in [0, 0.1) is 5.92 Å². The van der Waals surface area contributed by atoms with Crippen molar-refractivity contribution in [3.63, 3.8) is 0 Å². The van der Waals surface area contributed by atoms with Crippen LogP contribution < -0.4 is 5.73 Å². The second-order valence-electron chi connectivity index (χ2n) is 6.56. The summed E-state index contributed by atoms with van der Waals surface area (Å²) in [6.07, 6.45) is 7.52. The number of nitrogens with zero attached hydrogens (tertiary/aromatic N) is 1. The van der Waals surface area contributed by atoms with Crippen LogP contribution in [0.5, 0.6) is 0 Å². The van der Waals surface area contributed by atoms with Crippen LogP contribution in [-0.2, 0) is 4.74 Å². The highest BCUT2D eigenvalue weighted by molar-refractivity contribution is 4.96. The molecule has 1 spiro atoms. The Kier molecular flexibility index (Phi) is 5.05. The highest BCUT2D eigenvalue weighted by atomic mass is 16.5. The van der Waals surface area contributed by atoms with Crippen molar-refractivity contribution in [2.75, 3.05) is 26.2 Å². The smallest absolute Gasteiger partial charge is 0.0697 e. The van der Waals surface area contributed by atoms with Gasteiger partial charge in [-0.25, -0.2) is 0 Å². The van der Waals surface area contributed by atoms with Crippen molar-refractivity contribution in [3.8, 4) is 0 Å². The van der Waals surface area contributed by atoms with Crippen molar-refractivity contribution in [3.05, 3.63) is 0 Å². The summed E-state index contributed by atoms with van der Waals surface area (Å²) in [6.45, 7) is 8.77. The topological polar surface area (TPSA) is 38.5 Å². The number of hydrogen-bond donors (Lipinski definition) is 1. The van der Waals surface area contributed by atoms with Gasteiger partial charge in [0.25, 0.3) is 0 Å². The molecule has 2 aliphatic rings. The largest absolute Gasteiger partial charge is 0.375 e. The van der Waals surface area contributed by atoms with Gasteiger partial charge in [0, 0.05) is 19.2 Å². The van der Waals surface area contributed by atoms with Crippen LogP contribution in [0.2, 0.25) is 0 Å². The molecule has 1 saturated heterocycles.